The highest BCUT2D eigenvalue weighted by atomic mass is 35.5. The first-order valence-electron chi connectivity index (χ1n) is 9.59. The lowest BCUT2D eigenvalue weighted by Crippen LogP contribution is -2.18. The Morgan fingerprint density at radius 3 is 2.47 bits per heavy atom. The van der Waals surface area contributed by atoms with Crippen molar-refractivity contribution in [3.63, 3.8) is 0 Å². The van der Waals surface area contributed by atoms with Gasteiger partial charge in [0.25, 0.3) is 5.56 Å². The number of aliphatic hydroxyl groups excluding tert-OH is 1. The lowest BCUT2D eigenvalue weighted by molar-refractivity contribution is 0.102. The van der Waals surface area contributed by atoms with E-state index in [9.17, 15) is 9.90 Å². The number of benzene rings is 2. The van der Waals surface area contributed by atoms with Crippen LogP contribution in [0.25, 0.3) is 5.69 Å². The third-order valence-electron chi connectivity index (χ3n) is 4.53. The van der Waals surface area contributed by atoms with Crippen LogP contribution in [0.4, 0.5) is 0 Å². The first-order valence-corrected chi connectivity index (χ1v) is 9.97. The second-order valence-corrected chi connectivity index (χ2v) is 7.13. The number of hydrogen-bond donors (Lipinski definition) is 1. The van der Waals surface area contributed by atoms with Crippen molar-refractivity contribution in [1.82, 2.24) is 4.57 Å². The van der Waals surface area contributed by atoms with Gasteiger partial charge in [-0.05, 0) is 54.4 Å². The summed E-state index contributed by atoms with van der Waals surface area (Å²) in [5.74, 6) is 1.67. The number of pyridine rings is 1. The minimum Gasteiger partial charge on any atom is -0.493 e. The highest BCUT2D eigenvalue weighted by Crippen LogP contribution is 2.29. The van der Waals surface area contributed by atoms with Gasteiger partial charge in [-0.1, -0.05) is 18.5 Å². The Morgan fingerprint density at radius 2 is 1.80 bits per heavy atom. The fourth-order valence-electron chi connectivity index (χ4n) is 2.75. The Bertz CT molecular complexity index is 1030. The van der Waals surface area contributed by atoms with E-state index in [1.807, 2.05) is 13.0 Å². The second-order valence-electron chi connectivity index (χ2n) is 6.69. The molecule has 0 radical (unpaired) electrons. The van der Waals surface area contributed by atoms with Crippen LogP contribution >= 0.6 is 11.6 Å². The van der Waals surface area contributed by atoms with E-state index in [1.165, 1.54) is 17.7 Å². The second kappa shape index (κ2) is 10.2. The van der Waals surface area contributed by atoms with E-state index in [2.05, 4.69) is 0 Å². The Hall–Kier alpha value is -2.96. The van der Waals surface area contributed by atoms with E-state index in [0.29, 0.717) is 34.4 Å². The van der Waals surface area contributed by atoms with E-state index in [4.69, 9.17) is 25.8 Å². The van der Waals surface area contributed by atoms with Crippen LogP contribution < -0.4 is 19.8 Å². The summed E-state index contributed by atoms with van der Waals surface area (Å²) in [7, 11) is 1.53. The average molecular weight is 430 g/mol. The highest BCUT2D eigenvalue weighted by Gasteiger charge is 2.10. The van der Waals surface area contributed by atoms with Crippen molar-refractivity contribution in [2.75, 3.05) is 13.7 Å². The van der Waals surface area contributed by atoms with Crippen molar-refractivity contribution < 1.29 is 19.3 Å². The molecule has 7 heteroatoms. The first kappa shape index (κ1) is 21.7. The van der Waals surface area contributed by atoms with E-state index < -0.39 is 6.10 Å². The molecular weight excluding hydrogens is 406 g/mol. The molecule has 6 nitrogen and oxygen atoms in total. The Kier molecular flexibility index (Phi) is 7.38. The Labute approximate surface area is 180 Å². The molecule has 0 aliphatic rings. The smallest absolute Gasteiger partial charge is 0.255 e. The lowest BCUT2D eigenvalue weighted by Gasteiger charge is -2.15. The molecule has 0 bridgehead atoms. The number of nitrogens with zero attached hydrogens (tertiary/aromatic N) is 1. The largest absolute Gasteiger partial charge is 0.493 e. The maximum atomic E-state index is 12.6. The molecule has 1 aromatic heterocycles. The monoisotopic (exact) mass is 429 g/mol. The highest BCUT2D eigenvalue weighted by molar-refractivity contribution is 6.30. The molecule has 0 aliphatic carbocycles. The van der Waals surface area contributed by atoms with Gasteiger partial charge in [0, 0.05) is 23.4 Å². The van der Waals surface area contributed by atoms with Gasteiger partial charge in [-0.15, -0.1) is 0 Å². The van der Waals surface area contributed by atoms with Gasteiger partial charge in [-0.3, -0.25) is 9.36 Å². The number of ether oxygens (including phenoxy) is 3. The molecule has 1 N–H and O–H groups in total. The zero-order valence-corrected chi connectivity index (χ0v) is 17.6. The van der Waals surface area contributed by atoms with E-state index in [0.717, 1.165) is 5.56 Å². The van der Waals surface area contributed by atoms with Gasteiger partial charge in [0.05, 0.1) is 18.9 Å². The van der Waals surface area contributed by atoms with Crippen molar-refractivity contribution in [2.24, 2.45) is 0 Å². The van der Waals surface area contributed by atoms with Crippen LogP contribution in [-0.2, 0) is 6.61 Å². The predicted molar refractivity (Wildman–Crippen MR) is 116 cm³/mol. The molecule has 3 rings (SSSR count). The van der Waals surface area contributed by atoms with Gasteiger partial charge >= 0.3 is 0 Å². The molecule has 0 saturated carbocycles. The van der Waals surface area contributed by atoms with Gasteiger partial charge < -0.3 is 19.3 Å². The molecule has 30 heavy (non-hydrogen) atoms. The Balaban J connectivity index is 1.73. The molecule has 0 unspecified atom stereocenters. The summed E-state index contributed by atoms with van der Waals surface area (Å²) in [6.45, 7) is 2.33. The summed E-state index contributed by atoms with van der Waals surface area (Å²) < 4.78 is 18.2. The number of halogens is 1. The molecule has 0 saturated heterocycles. The molecule has 3 aromatic rings. The zero-order valence-electron chi connectivity index (χ0n) is 16.9. The van der Waals surface area contributed by atoms with Gasteiger partial charge in [-0.25, -0.2) is 0 Å². The molecular formula is C23H24ClNO5. The standard InChI is InChI=1S/C23H24ClNO5/c1-3-19(26)15-30-21-9-6-18(13-22(21)28-2)25-11-10-16(12-23(25)27)14-29-20-7-4-17(24)5-8-20/h4-13,19,26H,3,14-15H2,1-2H3/t19-/m1/s1. The topological polar surface area (TPSA) is 69.9 Å². The first-order chi connectivity index (χ1) is 14.5. The number of methoxy groups -OCH3 is 1. The maximum absolute atomic E-state index is 12.6. The lowest BCUT2D eigenvalue weighted by atomic mass is 10.2. The summed E-state index contributed by atoms with van der Waals surface area (Å²) in [4.78, 5) is 12.6. The summed E-state index contributed by atoms with van der Waals surface area (Å²) in [5, 5.41) is 10.3. The number of rotatable bonds is 9. The third-order valence-corrected chi connectivity index (χ3v) is 4.78. The molecule has 0 fully saturated rings. The van der Waals surface area contributed by atoms with Crippen molar-refractivity contribution >= 4 is 11.6 Å². The minimum absolute atomic E-state index is 0.175. The van der Waals surface area contributed by atoms with Gasteiger partial charge in [0.1, 0.15) is 19.0 Å². The number of aromatic nitrogens is 1. The maximum Gasteiger partial charge on any atom is 0.255 e. The summed E-state index contributed by atoms with van der Waals surface area (Å²) in [6.07, 6.45) is 1.75. The van der Waals surface area contributed by atoms with E-state index in [-0.39, 0.29) is 18.8 Å². The molecule has 2 aromatic carbocycles. The normalized spacial score (nSPS) is 11.7. The van der Waals surface area contributed by atoms with Crippen LogP contribution in [-0.4, -0.2) is 29.5 Å². The predicted octanol–water partition coefficient (Wildman–Crippen LogP) is 4.23. The van der Waals surface area contributed by atoms with Crippen LogP contribution in [0.5, 0.6) is 17.2 Å². The van der Waals surface area contributed by atoms with Crippen LogP contribution in [0.2, 0.25) is 5.02 Å². The van der Waals surface area contributed by atoms with Crippen molar-refractivity contribution in [2.45, 2.75) is 26.1 Å². The van der Waals surface area contributed by atoms with Gasteiger partial charge in [0.2, 0.25) is 0 Å². The fourth-order valence-corrected chi connectivity index (χ4v) is 2.88. The zero-order chi connectivity index (χ0) is 21.5. The van der Waals surface area contributed by atoms with Crippen molar-refractivity contribution in [1.29, 1.82) is 0 Å². The number of aliphatic hydroxyl groups is 1. The summed E-state index contributed by atoms with van der Waals surface area (Å²) in [6, 6.07) is 15.6. The molecule has 0 amide bonds. The number of hydrogen-bond acceptors (Lipinski definition) is 5. The van der Waals surface area contributed by atoms with Gasteiger partial charge in [-0.2, -0.15) is 0 Å². The fraction of sp³-hybridized carbons (Fsp3) is 0.261. The van der Waals surface area contributed by atoms with Crippen LogP contribution in [0.15, 0.2) is 65.6 Å². The molecule has 0 aliphatic heterocycles. The summed E-state index contributed by atoms with van der Waals surface area (Å²) >= 11 is 5.87. The average Bonchev–Trinajstić information content (AvgIpc) is 2.77. The minimum atomic E-state index is -0.542. The van der Waals surface area contributed by atoms with Crippen molar-refractivity contribution in [3.05, 3.63) is 81.7 Å². The molecule has 158 valence electrons. The van der Waals surface area contributed by atoms with Crippen molar-refractivity contribution in [3.8, 4) is 22.9 Å². The van der Waals surface area contributed by atoms with Crippen LogP contribution in [0.3, 0.4) is 0 Å². The van der Waals surface area contributed by atoms with Crippen LogP contribution in [0.1, 0.15) is 18.9 Å². The van der Waals surface area contributed by atoms with Gasteiger partial charge in [0.15, 0.2) is 11.5 Å². The Morgan fingerprint density at radius 1 is 1.03 bits per heavy atom. The third kappa shape index (κ3) is 5.55. The van der Waals surface area contributed by atoms with E-state index >= 15 is 0 Å². The molecule has 1 heterocycles. The summed E-state index contributed by atoms with van der Waals surface area (Å²) in [5.41, 5.74) is 1.21. The molecule has 0 spiro atoms. The quantitative estimate of drug-likeness (QED) is 0.551. The molecule has 1 atom stereocenters. The SMILES string of the molecule is CC[C@@H](O)COc1ccc(-n2ccc(COc3ccc(Cl)cc3)cc2=O)cc1OC. The van der Waals surface area contributed by atoms with Crippen LogP contribution in [0, 0.1) is 0 Å². The van der Waals surface area contributed by atoms with E-state index in [1.54, 1.807) is 48.7 Å².